The van der Waals surface area contributed by atoms with E-state index in [-0.39, 0.29) is 5.91 Å². The second-order valence-electron chi connectivity index (χ2n) is 6.23. The lowest BCUT2D eigenvalue weighted by Gasteiger charge is -2.10. The Hall–Kier alpha value is -1.81. The molecule has 1 aromatic heterocycles. The number of fused-ring (bicyclic) bond motifs is 1. The number of rotatable bonds is 6. The molecular formula is C18H25N3O. The number of benzene rings is 1. The topological polar surface area (TPSA) is 46.1 Å². The molecule has 4 heteroatoms. The average Bonchev–Trinajstić information content (AvgIpc) is 3.16. The van der Waals surface area contributed by atoms with Gasteiger partial charge in [-0.05, 0) is 61.9 Å². The number of anilines is 1. The molecule has 1 saturated heterocycles. The van der Waals surface area contributed by atoms with Crippen LogP contribution in [0, 0.1) is 5.92 Å². The largest absolute Gasteiger partial charge is 0.347 e. The van der Waals surface area contributed by atoms with E-state index in [2.05, 4.69) is 46.5 Å². The first-order chi connectivity index (χ1) is 10.8. The molecule has 0 saturated carbocycles. The van der Waals surface area contributed by atoms with Crippen LogP contribution in [0.2, 0.25) is 0 Å². The lowest BCUT2D eigenvalue weighted by Crippen LogP contribution is -2.15. The van der Waals surface area contributed by atoms with E-state index in [4.69, 9.17) is 0 Å². The highest BCUT2D eigenvalue weighted by Gasteiger charge is 2.15. The fraction of sp³-hybridized carbons (Fsp3) is 0.500. The van der Waals surface area contributed by atoms with Gasteiger partial charge in [-0.2, -0.15) is 0 Å². The predicted octanol–water partition coefficient (Wildman–Crippen LogP) is 3.38. The lowest BCUT2D eigenvalue weighted by molar-refractivity contribution is -0.116. The van der Waals surface area contributed by atoms with Crippen LogP contribution in [0.5, 0.6) is 0 Å². The van der Waals surface area contributed by atoms with Crippen molar-refractivity contribution in [1.29, 1.82) is 0 Å². The van der Waals surface area contributed by atoms with Gasteiger partial charge in [0.05, 0.1) is 5.52 Å². The minimum atomic E-state index is 0.125. The monoisotopic (exact) mass is 299 g/mol. The number of nitrogens with zero attached hydrogens (tertiary/aromatic N) is 1. The molecule has 3 rings (SSSR count). The van der Waals surface area contributed by atoms with Gasteiger partial charge in [0.1, 0.15) is 0 Å². The van der Waals surface area contributed by atoms with Crippen LogP contribution in [-0.2, 0) is 11.3 Å². The van der Waals surface area contributed by atoms with Crippen LogP contribution < -0.4 is 10.6 Å². The van der Waals surface area contributed by atoms with Crippen molar-refractivity contribution in [2.45, 2.75) is 39.2 Å². The molecule has 1 aliphatic rings. The number of amides is 1. The first-order valence-electron chi connectivity index (χ1n) is 8.35. The zero-order valence-electron chi connectivity index (χ0n) is 13.3. The van der Waals surface area contributed by atoms with E-state index < -0.39 is 0 Å². The number of nitrogens with one attached hydrogen (secondary N) is 2. The number of aryl methyl sites for hydroxylation is 1. The summed E-state index contributed by atoms with van der Waals surface area (Å²) in [5.41, 5.74) is 2.10. The smallest absolute Gasteiger partial charge is 0.224 e. The van der Waals surface area contributed by atoms with Gasteiger partial charge in [0.25, 0.3) is 0 Å². The molecular weight excluding hydrogens is 274 g/mol. The van der Waals surface area contributed by atoms with E-state index in [1.807, 2.05) is 6.07 Å². The Morgan fingerprint density at radius 3 is 3.09 bits per heavy atom. The Kier molecular flexibility index (Phi) is 4.78. The Labute approximate surface area is 131 Å². The fourth-order valence-corrected chi connectivity index (χ4v) is 3.22. The van der Waals surface area contributed by atoms with Gasteiger partial charge in [-0.15, -0.1) is 0 Å². The van der Waals surface area contributed by atoms with Crippen molar-refractivity contribution < 1.29 is 4.79 Å². The third-order valence-electron chi connectivity index (χ3n) is 4.46. The highest BCUT2D eigenvalue weighted by Crippen LogP contribution is 2.21. The molecule has 0 aliphatic carbocycles. The minimum Gasteiger partial charge on any atom is -0.347 e. The van der Waals surface area contributed by atoms with Crippen molar-refractivity contribution >= 4 is 22.5 Å². The number of hydrogen-bond acceptors (Lipinski definition) is 2. The molecule has 4 nitrogen and oxygen atoms in total. The highest BCUT2D eigenvalue weighted by atomic mass is 16.1. The zero-order valence-corrected chi connectivity index (χ0v) is 13.3. The number of carbonyl (C=O) groups excluding carboxylic acids is 1. The van der Waals surface area contributed by atoms with Gasteiger partial charge in [0.2, 0.25) is 5.91 Å². The van der Waals surface area contributed by atoms with Crippen molar-refractivity contribution in [3.05, 3.63) is 30.5 Å². The van der Waals surface area contributed by atoms with Crippen LogP contribution in [0.4, 0.5) is 5.69 Å². The molecule has 118 valence electrons. The molecule has 2 aromatic rings. The van der Waals surface area contributed by atoms with E-state index in [9.17, 15) is 4.79 Å². The van der Waals surface area contributed by atoms with Crippen LogP contribution in [0.3, 0.4) is 0 Å². The van der Waals surface area contributed by atoms with Gasteiger partial charge in [0.15, 0.2) is 0 Å². The van der Waals surface area contributed by atoms with Gasteiger partial charge in [-0.3, -0.25) is 4.79 Å². The molecule has 1 amide bonds. The second kappa shape index (κ2) is 6.97. The van der Waals surface area contributed by atoms with Crippen LogP contribution in [0.1, 0.15) is 32.6 Å². The Bertz CT molecular complexity index is 641. The number of carbonyl (C=O) groups is 1. The van der Waals surface area contributed by atoms with Crippen molar-refractivity contribution in [2.24, 2.45) is 5.92 Å². The van der Waals surface area contributed by atoms with Gasteiger partial charge < -0.3 is 15.2 Å². The summed E-state index contributed by atoms with van der Waals surface area (Å²) in [7, 11) is 0. The third-order valence-corrected chi connectivity index (χ3v) is 4.46. The van der Waals surface area contributed by atoms with Crippen molar-refractivity contribution in [3.63, 3.8) is 0 Å². The molecule has 0 spiro atoms. The second-order valence-corrected chi connectivity index (χ2v) is 6.23. The Morgan fingerprint density at radius 1 is 1.41 bits per heavy atom. The summed E-state index contributed by atoms with van der Waals surface area (Å²) < 4.78 is 2.25. The molecule has 1 fully saturated rings. The maximum absolute atomic E-state index is 12.1. The molecule has 2 N–H and O–H groups in total. The van der Waals surface area contributed by atoms with Gasteiger partial charge in [-0.1, -0.05) is 13.0 Å². The van der Waals surface area contributed by atoms with Crippen LogP contribution in [0.15, 0.2) is 30.5 Å². The maximum Gasteiger partial charge on any atom is 0.224 e. The van der Waals surface area contributed by atoms with Crippen LogP contribution in [0.25, 0.3) is 10.9 Å². The van der Waals surface area contributed by atoms with E-state index in [0.717, 1.165) is 38.2 Å². The maximum atomic E-state index is 12.1. The van der Waals surface area contributed by atoms with E-state index in [1.54, 1.807) is 0 Å². The minimum absolute atomic E-state index is 0.125. The molecule has 2 heterocycles. The lowest BCUT2D eigenvalue weighted by atomic mass is 10.0. The van der Waals surface area contributed by atoms with Gasteiger partial charge in [0, 0.05) is 24.8 Å². The van der Waals surface area contributed by atoms with Crippen molar-refractivity contribution in [3.8, 4) is 0 Å². The van der Waals surface area contributed by atoms with Crippen molar-refractivity contribution in [2.75, 3.05) is 18.4 Å². The summed E-state index contributed by atoms with van der Waals surface area (Å²) in [5, 5.41) is 7.62. The van der Waals surface area contributed by atoms with Crippen LogP contribution >= 0.6 is 0 Å². The molecule has 1 unspecified atom stereocenters. The van der Waals surface area contributed by atoms with E-state index in [0.29, 0.717) is 12.3 Å². The zero-order chi connectivity index (χ0) is 15.4. The molecule has 1 atom stereocenters. The summed E-state index contributed by atoms with van der Waals surface area (Å²) in [6, 6.07) is 8.29. The number of aromatic nitrogens is 1. The standard InChI is InChI=1S/C18H25N3O/c1-2-10-21-11-8-15-4-5-16(12-17(15)21)20-18(22)6-3-14-7-9-19-13-14/h4-5,8,11-12,14,19H,2-3,6-7,9-10,13H2,1H3,(H,20,22). The van der Waals surface area contributed by atoms with Crippen LogP contribution in [-0.4, -0.2) is 23.6 Å². The average molecular weight is 299 g/mol. The highest BCUT2D eigenvalue weighted by molar-refractivity contribution is 5.93. The predicted molar refractivity (Wildman–Crippen MR) is 91.1 cm³/mol. The normalized spacial score (nSPS) is 18.0. The molecule has 0 radical (unpaired) electrons. The number of hydrogen-bond donors (Lipinski definition) is 2. The summed E-state index contributed by atoms with van der Waals surface area (Å²) >= 11 is 0. The van der Waals surface area contributed by atoms with Gasteiger partial charge in [-0.25, -0.2) is 0 Å². The Morgan fingerprint density at radius 2 is 2.32 bits per heavy atom. The molecule has 0 bridgehead atoms. The summed E-state index contributed by atoms with van der Waals surface area (Å²) in [4.78, 5) is 12.1. The first kappa shape index (κ1) is 15.1. The first-order valence-corrected chi connectivity index (χ1v) is 8.35. The molecule has 22 heavy (non-hydrogen) atoms. The van der Waals surface area contributed by atoms with E-state index >= 15 is 0 Å². The van der Waals surface area contributed by atoms with Crippen molar-refractivity contribution in [1.82, 2.24) is 9.88 Å². The SMILES string of the molecule is CCCn1ccc2ccc(NC(=O)CCC3CCNC3)cc21. The third kappa shape index (κ3) is 3.50. The molecule has 1 aromatic carbocycles. The summed E-state index contributed by atoms with van der Waals surface area (Å²) in [6.45, 7) is 5.34. The summed E-state index contributed by atoms with van der Waals surface area (Å²) in [5.74, 6) is 0.787. The Balaban J connectivity index is 1.62. The van der Waals surface area contributed by atoms with E-state index in [1.165, 1.54) is 17.3 Å². The molecule has 1 aliphatic heterocycles. The quantitative estimate of drug-likeness (QED) is 0.859. The fourth-order valence-electron chi connectivity index (χ4n) is 3.22. The van der Waals surface area contributed by atoms with Gasteiger partial charge >= 0.3 is 0 Å². The summed E-state index contributed by atoms with van der Waals surface area (Å²) in [6.07, 6.45) is 6.01.